The Hall–Kier alpha value is -2.82. The van der Waals surface area contributed by atoms with Crippen LogP contribution < -0.4 is 0 Å². The Bertz CT molecular complexity index is 833. The van der Waals surface area contributed by atoms with Gasteiger partial charge in [0.05, 0.1) is 0 Å². The van der Waals surface area contributed by atoms with E-state index in [1.165, 1.54) is 12.4 Å². The van der Waals surface area contributed by atoms with E-state index in [4.69, 9.17) is 4.74 Å². The Kier molecular flexibility index (Phi) is 6.03. The molecule has 0 radical (unpaired) electrons. The lowest BCUT2D eigenvalue weighted by molar-refractivity contribution is -0.134. The monoisotopic (exact) mass is 355 g/mol. The summed E-state index contributed by atoms with van der Waals surface area (Å²) in [5.74, 6) is -1.16. The van der Waals surface area contributed by atoms with Crippen molar-refractivity contribution in [2.75, 3.05) is 7.05 Å². The first-order chi connectivity index (χ1) is 12.2. The number of ether oxygens (including phenoxy) is 1. The lowest BCUT2D eigenvalue weighted by Gasteiger charge is -2.24. The first kappa shape index (κ1) is 19.5. The average Bonchev–Trinajstić information content (AvgIpc) is 2.56. The maximum Gasteiger partial charge on any atom is 0.414 e. The van der Waals surface area contributed by atoms with Crippen LogP contribution in [0.15, 0.2) is 54.2 Å². The number of aliphatic carboxylic acids is 1. The molecule has 5 nitrogen and oxygen atoms in total. The van der Waals surface area contributed by atoms with Crippen molar-refractivity contribution in [1.82, 2.24) is 4.90 Å². The molecule has 0 bridgehead atoms. The minimum absolute atomic E-state index is 0.0833. The molecule has 0 saturated heterocycles. The summed E-state index contributed by atoms with van der Waals surface area (Å²) >= 11 is 0. The number of aryl methyl sites for hydroxylation is 1. The van der Waals surface area contributed by atoms with E-state index in [2.05, 4.69) is 18.2 Å². The number of carbonyl (C=O) groups excluding carboxylic acids is 1. The molecular weight excluding hydrogens is 330 g/mol. The van der Waals surface area contributed by atoms with Crippen LogP contribution in [0.2, 0.25) is 0 Å². The van der Waals surface area contributed by atoms with Crippen LogP contribution in [0.1, 0.15) is 32.8 Å². The van der Waals surface area contributed by atoms with Gasteiger partial charge in [0.1, 0.15) is 11.3 Å². The molecule has 1 amide bonds. The van der Waals surface area contributed by atoms with Crippen LogP contribution in [0.25, 0.3) is 10.8 Å². The van der Waals surface area contributed by atoms with Gasteiger partial charge >= 0.3 is 12.1 Å². The lowest BCUT2D eigenvalue weighted by Crippen LogP contribution is -2.35. The molecule has 2 rings (SSSR count). The van der Waals surface area contributed by atoms with E-state index in [9.17, 15) is 14.7 Å². The van der Waals surface area contributed by atoms with Gasteiger partial charge in [-0.25, -0.2) is 9.59 Å². The number of carboxylic acid groups (broad SMARTS) is 1. The van der Waals surface area contributed by atoms with Crippen molar-refractivity contribution in [2.24, 2.45) is 0 Å². The van der Waals surface area contributed by atoms with Crippen molar-refractivity contribution in [3.8, 4) is 0 Å². The van der Waals surface area contributed by atoms with Gasteiger partial charge < -0.3 is 9.84 Å². The summed E-state index contributed by atoms with van der Waals surface area (Å²) in [4.78, 5) is 24.6. The van der Waals surface area contributed by atoms with Gasteiger partial charge in [-0.15, -0.1) is 0 Å². The van der Waals surface area contributed by atoms with Crippen LogP contribution in [0.5, 0.6) is 0 Å². The minimum Gasteiger partial charge on any atom is -0.477 e. The van der Waals surface area contributed by atoms with Gasteiger partial charge in [-0.2, -0.15) is 0 Å². The molecule has 0 aliphatic carbocycles. The number of hydrogen-bond donors (Lipinski definition) is 1. The number of carboxylic acids is 1. The largest absolute Gasteiger partial charge is 0.477 e. The van der Waals surface area contributed by atoms with Crippen LogP contribution >= 0.6 is 0 Å². The van der Waals surface area contributed by atoms with Crippen LogP contribution in [-0.2, 0) is 16.0 Å². The zero-order chi connectivity index (χ0) is 19.3. The molecule has 26 heavy (non-hydrogen) atoms. The number of rotatable bonds is 5. The first-order valence-electron chi connectivity index (χ1n) is 8.55. The number of carbonyl (C=O) groups is 2. The molecule has 2 aromatic carbocycles. The van der Waals surface area contributed by atoms with Crippen molar-refractivity contribution >= 4 is 22.8 Å². The average molecular weight is 355 g/mol. The van der Waals surface area contributed by atoms with Crippen molar-refractivity contribution in [1.29, 1.82) is 0 Å². The molecule has 0 aromatic heterocycles. The van der Waals surface area contributed by atoms with Crippen LogP contribution in [0.3, 0.4) is 0 Å². The van der Waals surface area contributed by atoms with Gasteiger partial charge in [0.25, 0.3) is 0 Å². The van der Waals surface area contributed by atoms with Crippen molar-refractivity contribution in [3.05, 3.63) is 59.8 Å². The van der Waals surface area contributed by atoms with Gasteiger partial charge in [-0.05, 0) is 49.9 Å². The molecule has 0 spiro atoms. The number of benzene rings is 2. The zero-order valence-corrected chi connectivity index (χ0v) is 15.7. The second-order valence-electron chi connectivity index (χ2n) is 7.15. The fraction of sp³-hybridized carbons (Fsp3) is 0.333. The summed E-state index contributed by atoms with van der Waals surface area (Å²) in [5.41, 5.74) is 0.352. The molecule has 138 valence electrons. The molecule has 0 aliphatic rings. The Morgan fingerprint density at radius 3 is 2.38 bits per heavy atom. The fourth-order valence-electron chi connectivity index (χ4n) is 2.57. The quantitative estimate of drug-likeness (QED) is 0.796. The minimum atomic E-state index is -1.16. The Morgan fingerprint density at radius 1 is 1.12 bits per heavy atom. The third kappa shape index (κ3) is 5.34. The lowest BCUT2D eigenvalue weighted by atomic mass is 10.0. The Balaban J connectivity index is 2.08. The summed E-state index contributed by atoms with van der Waals surface area (Å²) in [7, 11) is 1.41. The molecule has 0 fully saturated rings. The molecule has 0 aliphatic heterocycles. The Labute approximate surface area is 153 Å². The third-order valence-corrected chi connectivity index (χ3v) is 3.83. The van der Waals surface area contributed by atoms with Crippen LogP contribution in [-0.4, -0.2) is 34.7 Å². The molecule has 0 atom stereocenters. The summed E-state index contributed by atoms with van der Waals surface area (Å²) in [6, 6.07) is 14.3. The van der Waals surface area contributed by atoms with Gasteiger partial charge in [-0.1, -0.05) is 48.5 Å². The van der Waals surface area contributed by atoms with Gasteiger partial charge in [-0.3, -0.25) is 4.90 Å². The van der Waals surface area contributed by atoms with Gasteiger partial charge in [0.2, 0.25) is 0 Å². The molecule has 1 N–H and O–H groups in total. The van der Waals surface area contributed by atoms with E-state index in [-0.39, 0.29) is 5.70 Å². The molecule has 0 saturated carbocycles. The molecular formula is C21H25NO4. The number of allylic oxidation sites excluding steroid dienone is 1. The third-order valence-electron chi connectivity index (χ3n) is 3.83. The van der Waals surface area contributed by atoms with E-state index in [1.807, 2.05) is 24.3 Å². The maximum absolute atomic E-state index is 12.1. The SMILES string of the molecule is CN(C(=O)OC(C)(C)C)/C(=C/CCc1ccc2ccccc2c1)C(=O)O. The van der Waals surface area contributed by atoms with E-state index >= 15 is 0 Å². The normalized spacial score (nSPS) is 12.1. The molecule has 0 unspecified atom stereocenters. The van der Waals surface area contributed by atoms with E-state index in [1.54, 1.807) is 26.8 Å². The first-order valence-corrected chi connectivity index (χ1v) is 8.55. The van der Waals surface area contributed by atoms with Crippen molar-refractivity contribution in [3.63, 3.8) is 0 Å². The van der Waals surface area contributed by atoms with Gasteiger partial charge in [0.15, 0.2) is 0 Å². The summed E-state index contributed by atoms with van der Waals surface area (Å²) in [6.45, 7) is 5.22. The predicted molar refractivity (Wildman–Crippen MR) is 102 cm³/mol. The smallest absolute Gasteiger partial charge is 0.414 e. The standard InChI is InChI=1S/C21H25NO4/c1-21(2,3)26-20(25)22(4)18(19(23)24)11-7-8-15-12-13-16-9-5-6-10-17(16)14-15/h5-6,9-14H,7-8H2,1-4H3,(H,23,24)/b18-11+. The highest BCUT2D eigenvalue weighted by molar-refractivity contribution is 5.90. The van der Waals surface area contributed by atoms with Crippen molar-refractivity contribution in [2.45, 2.75) is 39.2 Å². The highest BCUT2D eigenvalue weighted by Crippen LogP contribution is 2.18. The summed E-state index contributed by atoms with van der Waals surface area (Å²) < 4.78 is 5.23. The Morgan fingerprint density at radius 2 is 1.77 bits per heavy atom. The topological polar surface area (TPSA) is 66.8 Å². The summed E-state index contributed by atoms with van der Waals surface area (Å²) in [5, 5.41) is 11.7. The second-order valence-corrected chi connectivity index (χ2v) is 7.15. The van der Waals surface area contributed by atoms with E-state index in [0.717, 1.165) is 15.8 Å². The van der Waals surface area contributed by atoms with E-state index in [0.29, 0.717) is 12.8 Å². The number of nitrogens with zero attached hydrogens (tertiary/aromatic N) is 1. The van der Waals surface area contributed by atoms with Gasteiger partial charge in [0, 0.05) is 7.05 Å². The van der Waals surface area contributed by atoms with E-state index < -0.39 is 17.7 Å². The second kappa shape index (κ2) is 8.04. The number of fused-ring (bicyclic) bond motifs is 1. The molecule has 2 aromatic rings. The summed E-state index contributed by atoms with van der Waals surface area (Å²) in [6.07, 6.45) is 2.06. The van der Waals surface area contributed by atoms with Crippen LogP contribution in [0.4, 0.5) is 4.79 Å². The van der Waals surface area contributed by atoms with Crippen LogP contribution in [0, 0.1) is 0 Å². The maximum atomic E-state index is 12.1. The number of likely N-dealkylation sites (N-methyl/N-ethyl adjacent to an activating group) is 1. The number of amides is 1. The predicted octanol–water partition coefficient (Wildman–Crippen LogP) is 4.61. The van der Waals surface area contributed by atoms with Crippen molar-refractivity contribution < 1.29 is 19.4 Å². The molecule has 5 heteroatoms. The highest BCUT2D eigenvalue weighted by atomic mass is 16.6. The molecule has 0 heterocycles. The fourth-order valence-corrected chi connectivity index (χ4v) is 2.57. The highest BCUT2D eigenvalue weighted by Gasteiger charge is 2.24. The zero-order valence-electron chi connectivity index (χ0n) is 15.7. The number of hydrogen-bond acceptors (Lipinski definition) is 3.